The van der Waals surface area contributed by atoms with Crippen LogP contribution >= 0.6 is 8.53 Å². The number of anilines is 1. The van der Waals surface area contributed by atoms with Gasteiger partial charge in [-0.2, -0.15) is 5.26 Å². The summed E-state index contributed by atoms with van der Waals surface area (Å²) < 4.78 is 49.4. The molecule has 2 aromatic heterocycles. The molecular weight excluding hydrogens is 745 g/mol. The average molecular weight is 798 g/mol. The summed E-state index contributed by atoms with van der Waals surface area (Å²) in [4.78, 5) is 13.6. The minimum absolute atomic E-state index is 0.0576. The molecule has 1 aliphatic rings. The zero-order valence-electron chi connectivity index (χ0n) is 33.7. The van der Waals surface area contributed by atoms with Crippen molar-refractivity contribution in [2.45, 2.75) is 76.3 Å². The topological polar surface area (TPSA) is 147 Å². The molecule has 1 N–H and O–H groups in total. The van der Waals surface area contributed by atoms with Crippen LogP contribution in [-0.2, 0) is 28.9 Å². The van der Waals surface area contributed by atoms with Crippen LogP contribution in [0.1, 0.15) is 57.0 Å². The standard InChI is InChI=1S/C42H52N7O7P/c1-28(2)49(29(3)4)57(54-24-12-23-43)56-37-35(55-41(38(37)52-8)48-27-47-36-39(44-5)45-26-46-40(36)48)25-53-42(30-13-10-9-11-14-30,31-15-19-33(50-6)20-16-31)32-17-21-34(51-7)22-18-32/h9-11,13-22,26-29,35,37-38,41H,12,24-25H2,1-8H3,(H,44,45,46)/t35-,37+,38?,41-,57?/m1/s1. The van der Waals surface area contributed by atoms with E-state index in [-0.39, 0.29) is 31.7 Å². The molecule has 1 saturated heterocycles. The molecule has 0 aliphatic carbocycles. The second-order valence-corrected chi connectivity index (χ2v) is 15.4. The van der Waals surface area contributed by atoms with Gasteiger partial charge in [0.2, 0.25) is 0 Å². The molecule has 0 radical (unpaired) electrons. The highest BCUT2D eigenvalue weighted by Gasteiger charge is 2.51. The Morgan fingerprint density at radius 1 is 0.860 bits per heavy atom. The maximum atomic E-state index is 9.42. The Balaban J connectivity index is 1.48. The predicted molar refractivity (Wildman–Crippen MR) is 218 cm³/mol. The Morgan fingerprint density at radius 3 is 2.02 bits per heavy atom. The van der Waals surface area contributed by atoms with Gasteiger partial charge >= 0.3 is 0 Å². The van der Waals surface area contributed by atoms with Crippen LogP contribution in [0.4, 0.5) is 5.82 Å². The maximum absolute atomic E-state index is 9.42. The molecule has 0 spiro atoms. The summed E-state index contributed by atoms with van der Waals surface area (Å²) in [6.45, 7) is 8.66. The van der Waals surface area contributed by atoms with E-state index < -0.39 is 38.7 Å². The van der Waals surface area contributed by atoms with Crippen LogP contribution in [0, 0.1) is 11.3 Å². The number of hydrogen-bond acceptors (Lipinski definition) is 13. The maximum Gasteiger partial charge on any atom is 0.259 e. The van der Waals surface area contributed by atoms with Crippen molar-refractivity contribution in [2.24, 2.45) is 0 Å². The van der Waals surface area contributed by atoms with E-state index in [9.17, 15) is 5.26 Å². The van der Waals surface area contributed by atoms with Gasteiger partial charge in [0.1, 0.15) is 47.3 Å². The number of nitrogens with zero attached hydrogens (tertiary/aromatic N) is 6. The number of methoxy groups -OCH3 is 3. The van der Waals surface area contributed by atoms with Crippen LogP contribution < -0.4 is 14.8 Å². The summed E-state index contributed by atoms with van der Waals surface area (Å²) in [6.07, 6.45) is 0.581. The van der Waals surface area contributed by atoms with Gasteiger partial charge in [-0.1, -0.05) is 54.6 Å². The lowest BCUT2D eigenvalue weighted by molar-refractivity contribution is -0.0938. The van der Waals surface area contributed by atoms with E-state index in [1.165, 1.54) is 6.33 Å². The van der Waals surface area contributed by atoms with Gasteiger partial charge in [0.15, 0.2) is 17.7 Å². The summed E-state index contributed by atoms with van der Waals surface area (Å²) in [5, 5.41) is 12.5. The van der Waals surface area contributed by atoms with Crippen molar-refractivity contribution in [2.75, 3.05) is 46.9 Å². The number of rotatable bonds is 19. The van der Waals surface area contributed by atoms with Crippen LogP contribution in [0.3, 0.4) is 0 Å². The Bertz CT molecular complexity index is 2010. The van der Waals surface area contributed by atoms with Gasteiger partial charge < -0.3 is 38.0 Å². The van der Waals surface area contributed by atoms with Gasteiger partial charge in [-0.3, -0.25) is 4.57 Å². The number of benzene rings is 3. The third-order valence-corrected chi connectivity index (χ3v) is 12.1. The van der Waals surface area contributed by atoms with E-state index >= 15 is 0 Å². The second kappa shape index (κ2) is 19.2. The SMILES string of the molecule is CNc1ncnc2c1ncn2[C@@H]1O[C@H](COC(c2ccccc2)(c2ccc(OC)cc2)c2ccc(OC)cc2)[C@H](OP(OCCC#N)N(C(C)C)C(C)C)C1OC. The molecule has 5 atom stereocenters. The summed E-state index contributed by atoms with van der Waals surface area (Å²) in [7, 11) is 5.01. The molecule has 5 aromatic rings. The first kappa shape index (κ1) is 41.9. The number of hydrogen-bond donors (Lipinski definition) is 1. The van der Waals surface area contributed by atoms with Crippen molar-refractivity contribution in [3.8, 4) is 17.6 Å². The number of nitriles is 1. The molecule has 3 aromatic carbocycles. The van der Waals surface area contributed by atoms with Crippen LogP contribution in [0.15, 0.2) is 91.5 Å². The number of ether oxygens (including phenoxy) is 5. The molecule has 3 heterocycles. The fraction of sp³-hybridized carbons (Fsp3) is 0.429. The molecule has 57 heavy (non-hydrogen) atoms. The predicted octanol–water partition coefficient (Wildman–Crippen LogP) is 7.47. The van der Waals surface area contributed by atoms with Crippen molar-refractivity contribution in [3.05, 3.63) is 108 Å². The molecule has 6 rings (SSSR count). The minimum Gasteiger partial charge on any atom is -0.497 e. The van der Waals surface area contributed by atoms with Gasteiger partial charge in [-0.25, -0.2) is 19.6 Å². The van der Waals surface area contributed by atoms with E-state index in [2.05, 4.69) is 70.8 Å². The largest absolute Gasteiger partial charge is 0.497 e. The van der Waals surface area contributed by atoms with Crippen molar-refractivity contribution < 1.29 is 32.7 Å². The molecule has 1 aliphatic heterocycles. The van der Waals surface area contributed by atoms with Crippen LogP contribution in [0.25, 0.3) is 11.2 Å². The Morgan fingerprint density at radius 2 is 1.47 bits per heavy atom. The summed E-state index contributed by atoms with van der Waals surface area (Å²) in [5.74, 6) is 2.02. The molecule has 2 unspecified atom stereocenters. The number of fused-ring (bicyclic) bond motifs is 1. The zero-order valence-corrected chi connectivity index (χ0v) is 34.6. The highest BCUT2D eigenvalue weighted by atomic mass is 31.2. The number of aromatic nitrogens is 4. The van der Waals surface area contributed by atoms with E-state index in [1.807, 2.05) is 71.3 Å². The minimum atomic E-state index is -1.71. The second-order valence-electron chi connectivity index (χ2n) is 14.0. The van der Waals surface area contributed by atoms with Crippen molar-refractivity contribution in [1.29, 1.82) is 5.26 Å². The summed E-state index contributed by atoms with van der Waals surface area (Å²) in [5.41, 5.74) is 2.68. The van der Waals surface area contributed by atoms with E-state index in [1.54, 1.807) is 34.7 Å². The van der Waals surface area contributed by atoms with Crippen LogP contribution in [0.2, 0.25) is 0 Å². The third-order valence-electron chi connectivity index (χ3n) is 9.94. The third kappa shape index (κ3) is 8.76. The highest BCUT2D eigenvalue weighted by Crippen LogP contribution is 2.51. The zero-order chi connectivity index (χ0) is 40.5. The lowest BCUT2D eigenvalue weighted by Gasteiger charge is -2.39. The van der Waals surface area contributed by atoms with Gasteiger partial charge in [0.05, 0.1) is 46.3 Å². The molecule has 0 bridgehead atoms. The Kier molecular flexibility index (Phi) is 14.1. The first-order chi connectivity index (χ1) is 27.7. The molecular formula is C42H52N7O7P. The van der Waals surface area contributed by atoms with Gasteiger partial charge in [-0.05, 0) is 68.7 Å². The molecule has 15 heteroatoms. The molecule has 14 nitrogen and oxygen atoms in total. The fourth-order valence-corrected chi connectivity index (χ4v) is 9.11. The Hall–Kier alpha value is -4.71. The average Bonchev–Trinajstić information content (AvgIpc) is 3.82. The van der Waals surface area contributed by atoms with E-state index in [0.717, 1.165) is 28.2 Å². The Labute approximate surface area is 336 Å². The normalized spacial score (nSPS) is 19.0. The first-order valence-corrected chi connectivity index (χ1v) is 20.1. The van der Waals surface area contributed by atoms with Crippen LogP contribution in [-0.4, -0.2) is 96.2 Å². The molecule has 302 valence electrons. The van der Waals surface area contributed by atoms with E-state index in [0.29, 0.717) is 17.0 Å². The molecule has 0 saturated carbocycles. The fourth-order valence-electron chi connectivity index (χ4n) is 7.35. The number of nitrogens with one attached hydrogen (secondary N) is 1. The lowest BCUT2D eigenvalue weighted by Crippen LogP contribution is -2.42. The lowest BCUT2D eigenvalue weighted by atomic mass is 9.80. The van der Waals surface area contributed by atoms with Crippen molar-refractivity contribution in [3.63, 3.8) is 0 Å². The van der Waals surface area contributed by atoms with Crippen LogP contribution in [0.5, 0.6) is 11.5 Å². The molecule has 0 amide bonds. The summed E-state index contributed by atoms with van der Waals surface area (Å²) in [6, 6.07) is 28.2. The van der Waals surface area contributed by atoms with Gasteiger partial charge in [0, 0.05) is 26.2 Å². The van der Waals surface area contributed by atoms with Gasteiger partial charge in [-0.15, -0.1) is 0 Å². The smallest absolute Gasteiger partial charge is 0.259 e. The quantitative estimate of drug-likeness (QED) is 0.0501. The van der Waals surface area contributed by atoms with E-state index in [4.69, 9.17) is 32.7 Å². The monoisotopic (exact) mass is 797 g/mol. The van der Waals surface area contributed by atoms with Crippen molar-refractivity contribution >= 4 is 25.5 Å². The summed E-state index contributed by atoms with van der Waals surface area (Å²) >= 11 is 0. The van der Waals surface area contributed by atoms with Crippen molar-refractivity contribution in [1.82, 2.24) is 24.2 Å². The molecule has 1 fully saturated rings. The van der Waals surface area contributed by atoms with Gasteiger partial charge in [0.25, 0.3) is 8.53 Å². The first-order valence-electron chi connectivity index (χ1n) is 19.0. The number of imidazole rings is 1. The highest BCUT2D eigenvalue weighted by molar-refractivity contribution is 7.44.